The Morgan fingerprint density at radius 1 is 1.47 bits per heavy atom. The molecule has 4 nitrogen and oxygen atoms in total. The summed E-state index contributed by atoms with van der Waals surface area (Å²) in [5.41, 5.74) is 1.77. The largest absolute Gasteiger partial charge is 0.376 e. The maximum atomic E-state index is 12.2. The molecule has 1 saturated heterocycles. The molecule has 1 fully saturated rings. The van der Waals surface area contributed by atoms with Crippen molar-refractivity contribution in [1.29, 1.82) is 0 Å². The molecule has 0 spiro atoms. The number of carbonyl (C=O) groups excluding carboxylic acids is 1. The molecule has 1 aromatic carbocycles. The fourth-order valence-electron chi connectivity index (χ4n) is 2.61. The molecule has 2 heterocycles. The molecule has 1 N–H and O–H groups in total. The third-order valence-electron chi connectivity index (χ3n) is 3.70. The highest BCUT2D eigenvalue weighted by Crippen LogP contribution is 2.18. The number of amides is 1. The fraction of sp³-hybridized carbons (Fsp3) is 0.400. The predicted octanol–water partition coefficient (Wildman–Crippen LogP) is 2.09. The molecule has 1 aliphatic rings. The van der Waals surface area contributed by atoms with Crippen molar-refractivity contribution in [2.45, 2.75) is 18.9 Å². The van der Waals surface area contributed by atoms with Crippen molar-refractivity contribution >= 4 is 16.8 Å². The first-order valence-electron chi connectivity index (χ1n) is 6.70. The number of aromatic nitrogens is 1. The summed E-state index contributed by atoms with van der Waals surface area (Å²) in [6.07, 6.45) is 2.31. The van der Waals surface area contributed by atoms with E-state index < -0.39 is 0 Å². The molecule has 0 aliphatic carbocycles. The average molecular weight is 258 g/mol. The molecule has 2 aromatic rings. The molecule has 0 bridgehead atoms. The lowest BCUT2D eigenvalue weighted by molar-refractivity contribution is 0.0851. The van der Waals surface area contributed by atoms with Gasteiger partial charge < -0.3 is 14.6 Å². The van der Waals surface area contributed by atoms with Crippen molar-refractivity contribution in [2.24, 2.45) is 7.05 Å². The Balaban J connectivity index is 1.75. The van der Waals surface area contributed by atoms with Crippen LogP contribution >= 0.6 is 0 Å². The van der Waals surface area contributed by atoms with E-state index in [9.17, 15) is 4.79 Å². The van der Waals surface area contributed by atoms with Crippen LogP contribution in [0.2, 0.25) is 0 Å². The van der Waals surface area contributed by atoms with Gasteiger partial charge in [-0.1, -0.05) is 18.2 Å². The summed E-state index contributed by atoms with van der Waals surface area (Å²) in [6, 6.07) is 9.94. The highest BCUT2D eigenvalue weighted by molar-refractivity contribution is 5.98. The number of aryl methyl sites for hydroxylation is 1. The number of para-hydroxylation sites is 1. The quantitative estimate of drug-likeness (QED) is 0.916. The molecule has 1 atom stereocenters. The number of benzene rings is 1. The van der Waals surface area contributed by atoms with Gasteiger partial charge >= 0.3 is 0 Å². The number of hydrogen-bond donors (Lipinski definition) is 1. The Kier molecular flexibility index (Phi) is 3.25. The maximum absolute atomic E-state index is 12.2. The lowest BCUT2D eigenvalue weighted by Gasteiger charge is -2.11. The monoisotopic (exact) mass is 258 g/mol. The molecule has 1 amide bonds. The molecule has 3 rings (SSSR count). The van der Waals surface area contributed by atoms with Gasteiger partial charge in [-0.2, -0.15) is 0 Å². The molecule has 0 radical (unpaired) electrons. The van der Waals surface area contributed by atoms with Crippen molar-refractivity contribution in [2.75, 3.05) is 13.2 Å². The van der Waals surface area contributed by atoms with Gasteiger partial charge in [0, 0.05) is 31.1 Å². The maximum Gasteiger partial charge on any atom is 0.268 e. The summed E-state index contributed by atoms with van der Waals surface area (Å²) in [7, 11) is 1.92. The van der Waals surface area contributed by atoms with E-state index in [1.165, 1.54) is 0 Å². The zero-order valence-electron chi connectivity index (χ0n) is 11.1. The molecule has 0 saturated carbocycles. The van der Waals surface area contributed by atoms with Crippen LogP contribution in [-0.2, 0) is 11.8 Å². The van der Waals surface area contributed by atoms with Crippen LogP contribution in [-0.4, -0.2) is 29.7 Å². The zero-order valence-corrected chi connectivity index (χ0v) is 11.1. The average Bonchev–Trinajstić information content (AvgIpc) is 3.05. The minimum atomic E-state index is -0.0331. The van der Waals surface area contributed by atoms with Crippen LogP contribution in [0.15, 0.2) is 30.3 Å². The number of fused-ring (bicyclic) bond motifs is 1. The van der Waals surface area contributed by atoms with Crippen LogP contribution in [0, 0.1) is 0 Å². The van der Waals surface area contributed by atoms with Gasteiger partial charge in [-0.15, -0.1) is 0 Å². The van der Waals surface area contributed by atoms with Gasteiger partial charge in [0.05, 0.1) is 6.10 Å². The van der Waals surface area contributed by atoms with Crippen molar-refractivity contribution in [3.63, 3.8) is 0 Å². The first kappa shape index (κ1) is 12.2. The highest BCUT2D eigenvalue weighted by atomic mass is 16.5. The molecule has 1 aliphatic heterocycles. The van der Waals surface area contributed by atoms with Crippen LogP contribution in [0.1, 0.15) is 23.3 Å². The van der Waals surface area contributed by atoms with Gasteiger partial charge in [0.15, 0.2) is 0 Å². The van der Waals surface area contributed by atoms with Gasteiger partial charge in [-0.05, 0) is 25.0 Å². The van der Waals surface area contributed by atoms with Gasteiger partial charge in [0.1, 0.15) is 5.69 Å². The van der Waals surface area contributed by atoms with Crippen LogP contribution in [0.5, 0.6) is 0 Å². The first-order chi connectivity index (χ1) is 9.25. The van der Waals surface area contributed by atoms with E-state index in [2.05, 4.69) is 5.32 Å². The predicted molar refractivity (Wildman–Crippen MR) is 74.2 cm³/mol. The molecular weight excluding hydrogens is 240 g/mol. The normalized spacial score (nSPS) is 18.9. The number of nitrogens with one attached hydrogen (secondary N) is 1. The minimum Gasteiger partial charge on any atom is -0.376 e. The Morgan fingerprint density at radius 2 is 2.32 bits per heavy atom. The lowest BCUT2D eigenvalue weighted by Crippen LogP contribution is -2.32. The van der Waals surface area contributed by atoms with Crippen LogP contribution < -0.4 is 5.32 Å². The third-order valence-corrected chi connectivity index (χ3v) is 3.70. The minimum absolute atomic E-state index is 0.0331. The van der Waals surface area contributed by atoms with Crippen molar-refractivity contribution in [1.82, 2.24) is 9.88 Å². The Labute approximate surface area is 112 Å². The molecule has 100 valence electrons. The topological polar surface area (TPSA) is 43.3 Å². The summed E-state index contributed by atoms with van der Waals surface area (Å²) in [5, 5.41) is 4.05. The lowest BCUT2D eigenvalue weighted by atomic mass is 10.2. The Hall–Kier alpha value is -1.81. The molecule has 4 heteroatoms. The number of hydrogen-bond acceptors (Lipinski definition) is 2. The van der Waals surface area contributed by atoms with E-state index in [4.69, 9.17) is 4.74 Å². The van der Waals surface area contributed by atoms with Gasteiger partial charge in [-0.3, -0.25) is 4.79 Å². The Morgan fingerprint density at radius 3 is 3.05 bits per heavy atom. The smallest absolute Gasteiger partial charge is 0.268 e. The number of carbonyl (C=O) groups is 1. The Bertz CT molecular complexity index is 597. The van der Waals surface area contributed by atoms with Crippen LogP contribution in [0.3, 0.4) is 0 Å². The van der Waals surface area contributed by atoms with Crippen molar-refractivity contribution in [3.05, 3.63) is 36.0 Å². The van der Waals surface area contributed by atoms with E-state index in [1.54, 1.807) is 0 Å². The van der Waals surface area contributed by atoms with Crippen molar-refractivity contribution < 1.29 is 9.53 Å². The second kappa shape index (κ2) is 5.05. The number of nitrogens with zero attached hydrogens (tertiary/aromatic N) is 1. The number of rotatable bonds is 3. The van der Waals surface area contributed by atoms with Crippen molar-refractivity contribution in [3.8, 4) is 0 Å². The molecule has 1 aromatic heterocycles. The zero-order chi connectivity index (χ0) is 13.2. The first-order valence-corrected chi connectivity index (χ1v) is 6.70. The SMILES string of the molecule is Cn1c(C(=O)NCC2CCCO2)cc2ccccc21. The summed E-state index contributed by atoms with van der Waals surface area (Å²) in [6.45, 7) is 1.41. The molecular formula is C15H18N2O2. The summed E-state index contributed by atoms with van der Waals surface area (Å²) < 4.78 is 7.44. The number of ether oxygens (including phenoxy) is 1. The standard InChI is InChI=1S/C15H18N2O2/c1-17-13-7-3-2-5-11(13)9-14(17)15(18)16-10-12-6-4-8-19-12/h2-3,5,7,9,12H,4,6,8,10H2,1H3,(H,16,18). The van der Waals surface area contributed by atoms with E-state index >= 15 is 0 Å². The van der Waals surface area contributed by atoms with E-state index in [0.29, 0.717) is 12.2 Å². The second-order valence-electron chi connectivity index (χ2n) is 4.99. The van der Waals surface area contributed by atoms with Gasteiger partial charge in [-0.25, -0.2) is 0 Å². The fourth-order valence-corrected chi connectivity index (χ4v) is 2.61. The highest BCUT2D eigenvalue weighted by Gasteiger charge is 2.18. The van der Waals surface area contributed by atoms with Gasteiger partial charge in [0.25, 0.3) is 5.91 Å². The second-order valence-corrected chi connectivity index (χ2v) is 4.99. The van der Waals surface area contributed by atoms with Gasteiger partial charge in [0.2, 0.25) is 0 Å². The summed E-state index contributed by atoms with van der Waals surface area (Å²) in [5.74, 6) is -0.0331. The van der Waals surface area contributed by atoms with E-state index in [-0.39, 0.29) is 12.0 Å². The summed E-state index contributed by atoms with van der Waals surface area (Å²) >= 11 is 0. The molecule has 1 unspecified atom stereocenters. The molecule has 19 heavy (non-hydrogen) atoms. The van der Waals surface area contributed by atoms with Crippen LogP contribution in [0.25, 0.3) is 10.9 Å². The van der Waals surface area contributed by atoms with E-state index in [1.807, 2.05) is 41.9 Å². The van der Waals surface area contributed by atoms with Crippen LogP contribution in [0.4, 0.5) is 0 Å². The summed E-state index contributed by atoms with van der Waals surface area (Å²) in [4.78, 5) is 12.2. The van der Waals surface area contributed by atoms with E-state index in [0.717, 1.165) is 30.4 Å². The third kappa shape index (κ3) is 2.36.